The van der Waals surface area contributed by atoms with Crippen LogP contribution in [-0.4, -0.2) is 19.3 Å². The molecular formula is C24H19N5O. The SMILES string of the molecule is C#CC1=C(N)Oc2c(c(-c3ccccc3)nn2C)C1c1ccc(-n2ccnc2)cc1. The average Bonchev–Trinajstić information content (AvgIpc) is 3.42. The highest BCUT2D eigenvalue weighted by Crippen LogP contribution is 2.46. The first-order valence-electron chi connectivity index (χ1n) is 9.52. The number of hydrogen-bond acceptors (Lipinski definition) is 4. The summed E-state index contributed by atoms with van der Waals surface area (Å²) in [5.74, 6) is 3.34. The Labute approximate surface area is 174 Å². The summed E-state index contributed by atoms with van der Waals surface area (Å²) in [7, 11) is 1.85. The highest BCUT2D eigenvalue weighted by atomic mass is 16.5. The van der Waals surface area contributed by atoms with Gasteiger partial charge in [0.2, 0.25) is 11.8 Å². The van der Waals surface area contributed by atoms with Crippen molar-refractivity contribution < 1.29 is 4.74 Å². The van der Waals surface area contributed by atoms with Crippen LogP contribution >= 0.6 is 0 Å². The number of nitrogens with two attached hydrogens (primary N) is 1. The number of rotatable bonds is 3. The third kappa shape index (κ3) is 2.76. The van der Waals surface area contributed by atoms with Gasteiger partial charge < -0.3 is 15.0 Å². The fourth-order valence-electron chi connectivity index (χ4n) is 3.90. The Morgan fingerprint density at radius 2 is 1.87 bits per heavy atom. The van der Waals surface area contributed by atoms with Crippen LogP contribution in [0.15, 0.2) is 84.8 Å². The minimum atomic E-state index is -0.250. The first-order chi connectivity index (χ1) is 14.7. The van der Waals surface area contributed by atoms with Crippen LogP contribution < -0.4 is 10.5 Å². The molecule has 1 atom stereocenters. The molecule has 0 saturated heterocycles. The standard InChI is InChI=1S/C24H19N5O/c1-3-19-20(16-9-11-18(12-10-16)29-14-13-26-15-29)21-22(17-7-5-4-6-8-17)27-28(2)24(21)30-23(19)25/h1,4-15,20H,25H2,2H3. The van der Waals surface area contributed by atoms with Crippen LogP contribution in [0.2, 0.25) is 0 Å². The lowest BCUT2D eigenvalue weighted by Gasteiger charge is -2.25. The molecule has 30 heavy (non-hydrogen) atoms. The Kier molecular flexibility index (Phi) is 4.15. The fraction of sp³-hybridized carbons (Fsp3) is 0.0833. The molecule has 2 aromatic carbocycles. The number of aromatic nitrogens is 4. The van der Waals surface area contributed by atoms with Gasteiger partial charge in [-0.3, -0.25) is 0 Å². The summed E-state index contributed by atoms with van der Waals surface area (Å²) in [5, 5.41) is 4.73. The fourth-order valence-corrected chi connectivity index (χ4v) is 3.90. The van der Waals surface area contributed by atoms with Crippen molar-refractivity contribution in [2.75, 3.05) is 0 Å². The van der Waals surface area contributed by atoms with Crippen LogP contribution in [-0.2, 0) is 7.05 Å². The van der Waals surface area contributed by atoms with E-state index in [1.54, 1.807) is 17.2 Å². The van der Waals surface area contributed by atoms with E-state index in [-0.39, 0.29) is 11.8 Å². The molecule has 146 valence electrons. The first kappa shape index (κ1) is 17.8. The number of ether oxygens (including phenoxy) is 1. The number of fused-ring (bicyclic) bond motifs is 1. The van der Waals surface area contributed by atoms with Gasteiger partial charge in [-0.15, -0.1) is 6.42 Å². The molecule has 1 unspecified atom stereocenters. The Morgan fingerprint density at radius 1 is 1.10 bits per heavy atom. The van der Waals surface area contributed by atoms with E-state index in [1.165, 1.54) is 0 Å². The van der Waals surface area contributed by atoms with Crippen molar-refractivity contribution in [1.29, 1.82) is 0 Å². The van der Waals surface area contributed by atoms with Crippen molar-refractivity contribution in [1.82, 2.24) is 19.3 Å². The first-order valence-corrected chi connectivity index (χ1v) is 9.52. The zero-order valence-corrected chi connectivity index (χ0v) is 16.4. The van der Waals surface area contributed by atoms with Gasteiger partial charge in [0.15, 0.2) is 0 Å². The van der Waals surface area contributed by atoms with E-state index >= 15 is 0 Å². The number of terminal acetylenes is 1. The van der Waals surface area contributed by atoms with Crippen molar-refractivity contribution in [2.24, 2.45) is 12.8 Å². The Hall–Kier alpha value is -4.24. The Balaban J connectivity index is 1.69. The molecular weight excluding hydrogens is 374 g/mol. The normalized spacial score (nSPS) is 15.4. The maximum atomic E-state index is 6.22. The molecule has 0 saturated carbocycles. The van der Waals surface area contributed by atoms with Gasteiger partial charge in [0.1, 0.15) is 5.69 Å². The van der Waals surface area contributed by atoms with Crippen molar-refractivity contribution in [3.63, 3.8) is 0 Å². The molecule has 0 amide bonds. The lowest BCUT2D eigenvalue weighted by Crippen LogP contribution is -2.21. The highest BCUT2D eigenvalue weighted by Gasteiger charge is 2.35. The molecule has 0 fully saturated rings. The maximum absolute atomic E-state index is 6.22. The van der Waals surface area contributed by atoms with E-state index in [0.717, 1.165) is 28.1 Å². The van der Waals surface area contributed by atoms with Crippen molar-refractivity contribution in [3.05, 3.63) is 95.9 Å². The molecule has 3 heterocycles. The summed E-state index contributed by atoms with van der Waals surface area (Å²) in [4.78, 5) is 4.11. The van der Waals surface area contributed by atoms with Crippen LogP contribution in [0.5, 0.6) is 5.88 Å². The van der Waals surface area contributed by atoms with Crippen LogP contribution in [0.3, 0.4) is 0 Å². The predicted octanol–water partition coefficient (Wildman–Crippen LogP) is 3.60. The average molecular weight is 393 g/mol. The van der Waals surface area contributed by atoms with E-state index < -0.39 is 0 Å². The molecule has 6 heteroatoms. The zero-order valence-electron chi connectivity index (χ0n) is 16.4. The predicted molar refractivity (Wildman–Crippen MR) is 115 cm³/mol. The number of imidazole rings is 1. The minimum Gasteiger partial charge on any atom is -0.422 e. The Bertz CT molecular complexity index is 1280. The molecule has 6 nitrogen and oxygen atoms in total. The van der Waals surface area contributed by atoms with Gasteiger partial charge in [-0.25, -0.2) is 9.67 Å². The van der Waals surface area contributed by atoms with Gasteiger partial charge in [-0.2, -0.15) is 5.10 Å². The molecule has 1 aliphatic heterocycles. The minimum absolute atomic E-state index is 0.233. The number of nitrogens with zero attached hydrogens (tertiary/aromatic N) is 4. The van der Waals surface area contributed by atoms with E-state index in [9.17, 15) is 0 Å². The lowest BCUT2D eigenvalue weighted by molar-refractivity contribution is 0.358. The summed E-state index contributed by atoms with van der Waals surface area (Å²) in [6, 6.07) is 18.2. The van der Waals surface area contributed by atoms with Crippen molar-refractivity contribution in [3.8, 4) is 35.2 Å². The molecule has 4 aromatic rings. The number of aryl methyl sites for hydroxylation is 1. The highest BCUT2D eigenvalue weighted by molar-refractivity contribution is 5.71. The molecule has 1 aliphatic rings. The van der Waals surface area contributed by atoms with E-state index in [4.69, 9.17) is 22.0 Å². The summed E-state index contributed by atoms with van der Waals surface area (Å²) in [5.41, 5.74) is 11.6. The summed E-state index contributed by atoms with van der Waals surface area (Å²) in [6.07, 6.45) is 11.3. The zero-order chi connectivity index (χ0) is 20.7. The molecule has 0 radical (unpaired) electrons. The van der Waals surface area contributed by atoms with Gasteiger partial charge in [0.05, 0.1) is 23.4 Å². The summed E-state index contributed by atoms with van der Waals surface area (Å²) in [6.45, 7) is 0. The second kappa shape index (κ2) is 6.98. The van der Waals surface area contributed by atoms with E-state index in [2.05, 4.69) is 23.0 Å². The third-order valence-corrected chi connectivity index (χ3v) is 5.31. The van der Waals surface area contributed by atoms with Crippen molar-refractivity contribution >= 4 is 0 Å². The van der Waals surface area contributed by atoms with Gasteiger partial charge in [-0.1, -0.05) is 48.4 Å². The van der Waals surface area contributed by atoms with Crippen molar-refractivity contribution in [2.45, 2.75) is 5.92 Å². The largest absolute Gasteiger partial charge is 0.422 e. The van der Waals surface area contributed by atoms with Crippen LogP contribution in [0.4, 0.5) is 0 Å². The van der Waals surface area contributed by atoms with Crippen LogP contribution in [0, 0.1) is 12.3 Å². The number of allylic oxidation sites excluding steroid dienone is 1. The number of hydrogen-bond donors (Lipinski definition) is 1. The van der Waals surface area contributed by atoms with Crippen LogP contribution in [0.25, 0.3) is 16.9 Å². The van der Waals surface area contributed by atoms with Gasteiger partial charge in [-0.05, 0) is 17.7 Å². The second-order valence-electron chi connectivity index (χ2n) is 7.08. The third-order valence-electron chi connectivity index (χ3n) is 5.31. The second-order valence-corrected chi connectivity index (χ2v) is 7.08. The van der Waals surface area contributed by atoms with Gasteiger partial charge in [0.25, 0.3) is 0 Å². The molecule has 0 bridgehead atoms. The van der Waals surface area contributed by atoms with Crippen LogP contribution in [0.1, 0.15) is 17.0 Å². The van der Waals surface area contributed by atoms with Gasteiger partial charge in [0, 0.05) is 30.7 Å². The molecule has 0 aliphatic carbocycles. The molecule has 5 rings (SSSR count). The van der Waals surface area contributed by atoms with E-state index in [0.29, 0.717) is 11.5 Å². The number of benzene rings is 2. The van der Waals surface area contributed by atoms with E-state index in [1.807, 2.05) is 60.3 Å². The Morgan fingerprint density at radius 3 is 2.53 bits per heavy atom. The molecule has 2 N–H and O–H groups in total. The van der Waals surface area contributed by atoms with Gasteiger partial charge >= 0.3 is 0 Å². The lowest BCUT2D eigenvalue weighted by atomic mass is 9.82. The summed E-state index contributed by atoms with van der Waals surface area (Å²) < 4.78 is 9.57. The summed E-state index contributed by atoms with van der Waals surface area (Å²) >= 11 is 0. The monoisotopic (exact) mass is 393 g/mol. The topological polar surface area (TPSA) is 70.9 Å². The molecule has 2 aromatic heterocycles. The molecule has 0 spiro atoms. The quantitative estimate of drug-likeness (QED) is 0.540. The maximum Gasteiger partial charge on any atom is 0.224 e. The smallest absolute Gasteiger partial charge is 0.224 e.